The molecule has 126 valence electrons. The van der Waals surface area contributed by atoms with E-state index in [1.54, 1.807) is 31.8 Å². The minimum Gasteiger partial charge on any atom is -0.385 e. The third-order valence-corrected chi connectivity index (χ3v) is 3.46. The van der Waals surface area contributed by atoms with Crippen LogP contribution < -0.4 is 10.6 Å². The summed E-state index contributed by atoms with van der Waals surface area (Å²) in [5.41, 5.74) is 1.24. The maximum atomic E-state index is 12.0. The van der Waals surface area contributed by atoms with Crippen molar-refractivity contribution in [1.82, 2.24) is 25.2 Å². The highest BCUT2D eigenvalue weighted by Crippen LogP contribution is 2.18. The highest BCUT2D eigenvalue weighted by atomic mass is 16.5. The van der Waals surface area contributed by atoms with Crippen LogP contribution in [0.1, 0.15) is 12.2 Å². The molecule has 2 N–H and O–H groups in total. The minimum absolute atomic E-state index is 0.281. The van der Waals surface area contributed by atoms with E-state index in [1.807, 2.05) is 10.6 Å². The number of amides is 2. The third kappa shape index (κ3) is 3.87. The standard InChI is InChI=1S/C15H18N6O3/c1-23-6-2-5-21-10-17-20-14(21)9-16-15(22)19-12-4-3-11-8-18-24-13(11)7-12/h3-4,7-8,10H,2,5-6,9H2,1H3,(H2,16,19,22). The number of anilines is 1. The first-order chi connectivity index (χ1) is 11.8. The van der Waals surface area contributed by atoms with Gasteiger partial charge in [0.25, 0.3) is 0 Å². The van der Waals surface area contributed by atoms with Gasteiger partial charge in [-0.05, 0) is 18.6 Å². The first kappa shape index (κ1) is 15.9. The summed E-state index contributed by atoms with van der Waals surface area (Å²) in [6.07, 6.45) is 4.11. The van der Waals surface area contributed by atoms with Gasteiger partial charge in [0.2, 0.25) is 0 Å². The number of benzene rings is 1. The van der Waals surface area contributed by atoms with Gasteiger partial charge in [0, 0.05) is 37.4 Å². The van der Waals surface area contributed by atoms with Crippen molar-refractivity contribution in [2.24, 2.45) is 0 Å². The lowest BCUT2D eigenvalue weighted by Crippen LogP contribution is -2.29. The Kier molecular flexibility index (Phi) is 5.02. The topological polar surface area (TPSA) is 107 Å². The van der Waals surface area contributed by atoms with E-state index in [0.717, 1.165) is 18.4 Å². The SMILES string of the molecule is COCCCn1cnnc1CNC(=O)Nc1ccc2cnoc2c1. The fraction of sp³-hybridized carbons (Fsp3) is 0.333. The van der Waals surface area contributed by atoms with E-state index < -0.39 is 0 Å². The molecule has 0 spiro atoms. The zero-order valence-electron chi connectivity index (χ0n) is 13.2. The number of carbonyl (C=O) groups excluding carboxylic acids is 1. The van der Waals surface area contributed by atoms with Crippen molar-refractivity contribution in [2.45, 2.75) is 19.5 Å². The summed E-state index contributed by atoms with van der Waals surface area (Å²) in [5, 5.41) is 18.0. The number of urea groups is 1. The van der Waals surface area contributed by atoms with E-state index >= 15 is 0 Å². The molecule has 9 heteroatoms. The van der Waals surface area contributed by atoms with E-state index in [0.29, 0.717) is 23.7 Å². The number of aromatic nitrogens is 4. The van der Waals surface area contributed by atoms with Crippen LogP contribution in [0.25, 0.3) is 11.0 Å². The number of rotatable bonds is 7. The Bertz CT molecular complexity index is 812. The average Bonchev–Trinajstić information content (AvgIpc) is 3.21. The van der Waals surface area contributed by atoms with Crippen LogP contribution in [0.5, 0.6) is 0 Å². The van der Waals surface area contributed by atoms with Crippen molar-refractivity contribution in [1.29, 1.82) is 0 Å². The molecule has 0 fully saturated rings. The highest BCUT2D eigenvalue weighted by Gasteiger charge is 2.08. The largest absolute Gasteiger partial charge is 0.385 e. The van der Waals surface area contributed by atoms with Crippen LogP contribution in [0.15, 0.2) is 35.2 Å². The van der Waals surface area contributed by atoms with Gasteiger partial charge in [-0.2, -0.15) is 0 Å². The Morgan fingerprint density at radius 3 is 3.21 bits per heavy atom. The predicted molar refractivity (Wildman–Crippen MR) is 86.4 cm³/mol. The van der Waals surface area contributed by atoms with Gasteiger partial charge in [-0.3, -0.25) is 0 Å². The molecule has 0 saturated heterocycles. The van der Waals surface area contributed by atoms with Crippen LogP contribution >= 0.6 is 0 Å². The zero-order valence-corrected chi connectivity index (χ0v) is 13.2. The van der Waals surface area contributed by atoms with Crippen LogP contribution in [-0.2, 0) is 17.8 Å². The Balaban J connectivity index is 1.53. The smallest absolute Gasteiger partial charge is 0.319 e. The summed E-state index contributed by atoms with van der Waals surface area (Å²) >= 11 is 0. The van der Waals surface area contributed by atoms with Gasteiger partial charge in [-0.25, -0.2) is 4.79 Å². The number of fused-ring (bicyclic) bond motifs is 1. The van der Waals surface area contributed by atoms with E-state index in [9.17, 15) is 4.79 Å². The molecular formula is C15H18N6O3. The van der Waals surface area contributed by atoms with Crippen molar-refractivity contribution < 1.29 is 14.1 Å². The quantitative estimate of drug-likeness (QED) is 0.639. The lowest BCUT2D eigenvalue weighted by molar-refractivity contribution is 0.190. The monoisotopic (exact) mass is 330 g/mol. The second-order valence-corrected chi connectivity index (χ2v) is 5.17. The number of methoxy groups -OCH3 is 1. The molecule has 2 amide bonds. The second kappa shape index (κ2) is 7.55. The molecule has 1 aromatic carbocycles. The van der Waals surface area contributed by atoms with Crippen molar-refractivity contribution in [3.05, 3.63) is 36.5 Å². The maximum absolute atomic E-state index is 12.0. The van der Waals surface area contributed by atoms with Crippen molar-refractivity contribution in [2.75, 3.05) is 19.0 Å². The third-order valence-electron chi connectivity index (χ3n) is 3.46. The summed E-state index contributed by atoms with van der Waals surface area (Å²) in [6.45, 7) is 1.68. The summed E-state index contributed by atoms with van der Waals surface area (Å²) < 4.78 is 12.0. The van der Waals surface area contributed by atoms with Crippen molar-refractivity contribution >= 4 is 22.7 Å². The molecule has 0 unspecified atom stereocenters. The molecule has 0 aliphatic rings. The number of hydrogen-bond acceptors (Lipinski definition) is 6. The second-order valence-electron chi connectivity index (χ2n) is 5.17. The summed E-state index contributed by atoms with van der Waals surface area (Å²) in [7, 11) is 1.66. The molecule has 24 heavy (non-hydrogen) atoms. The first-order valence-corrected chi connectivity index (χ1v) is 7.51. The average molecular weight is 330 g/mol. The molecule has 0 radical (unpaired) electrons. The van der Waals surface area contributed by atoms with Crippen LogP contribution in [0.2, 0.25) is 0 Å². The molecule has 2 aromatic heterocycles. The normalized spacial score (nSPS) is 10.9. The van der Waals surface area contributed by atoms with Gasteiger partial charge >= 0.3 is 6.03 Å². The van der Waals surface area contributed by atoms with Gasteiger partial charge in [0.15, 0.2) is 11.4 Å². The van der Waals surface area contributed by atoms with Crippen molar-refractivity contribution in [3.8, 4) is 0 Å². The maximum Gasteiger partial charge on any atom is 0.319 e. The Hall–Kier alpha value is -2.94. The number of nitrogens with zero attached hydrogens (tertiary/aromatic N) is 4. The fourth-order valence-corrected chi connectivity index (χ4v) is 2.25. The Morgan fingerprint density at radius 1 is 1.42 bits per heavy atom. The zero-order chi connectivity index (χ0) is 16.8. The molecule has 0 saturated carbocycles. The number of aryl methyl sites for hydroxylation is 1. The van der Waals surface area contributed by atoms with Crippen molar-refractivity contribution in [3.63, 3.8) is 0 Å². The van der Waals surface area contributed by atoms with Gasteiger partial charge < -0.3 is 24.5 Å². The van der Waals surface area contributed by atoms with E-state index in [-0.39, 0.29) is 12.6 Å². The van der Waals surface area contributed by atoms with Crippen LogP contribution in [0, 0.1) is 0 Å². The minimum atomic E-state index is -0.333. The predicted octanol–water partition coefficient (Wildman–Crippen LogP) is 1.78. The fourth-order valence-electron chi connectivity index (χ4n) is 2.25. The van der Waals surface area contributed by atoms with Gasteiger partial charge in [0.1, 0.15) is 6.33 Å². The molecule has 3 aromatic rings. The van der Waals surface area contributed by atoms with Crippen LogP contribution in [0.3, 0.4) is 0 Å². The van der Waals surface area contributed by atoms with Crippen LogP contribution in [0.4, 0.5) is 10.5 Å². The van der Waals surface area contributed by atoms with E-state index in [2.05, 4.69) is 26.0 Å². The lowest BCUT2D eigenvalue weighted by atomic mass is 10.2. The molecule has 9 nitrogen and oxygen atoms in total. The molecular weight excluding hydrogens is 312 g/mol. The molecule has 0 aliphatic heterocycles. The molecule has 3 rings (SSSR count). The Labute approximate surface area is 138 Å². The molecule has 2 heterocycles. The van der Waals surface area contributed by atoms with E-state index in [4.69, 9.17) is 9.26 Å². The molecule has 0 atom stereocenters. The molecule has 0 aliphatic carbocycles. The van der Waals surface area contributed by atoms with E-state index in [1.165, 1.54) is 0 Å². The summed E-state index contributed by atoms with van der Waals surface area (Å²) in [5.74, 6) is 0.687. The van der Waals surface area contributed by atoms with Crippen LogP contribution in [-0.4, -0.2) is 39.7 Å². The summed E-state index contributed by atoms with van der Waals surface area (Å²) in [4.78, 5) is 12.0. The number of ether oxygens (including phenoxy) is 1. The Morgan fingerprint density at radius 2 is 2.33 bits per heavy atom. The molecule has 0 bridgehead atoms. The summed E-state index contributed by atoms with van der Waals surface area (Å²) in [6, 6.07) is 5.00. The number of hydrogen-bond donors (Lipinski definition) is 2. The van der Waals surface area contributed by atoms with Gasteiger partial charge in [0.05, 0.1) is 12.7 Å². The van der Waals surface area contributed by atoms with Gasteiger partial charge in [-0.15, -0.1) is 10.2 Å². The highest BCUT2D eigenvalue weighted by molar-refractivity contribution is 5.91. The lowest BCUT2D eigenvalue weighted by Gasteiger charge is -2.09. The number of carbonyl (C=O) groups is 1. The number of nitrogens with one attached hydrogen (secondary N) is 2. The van der Waals surface area contributed by atoms with Gasteiger partial charge in [-0.1, -0.05) is 5.16 Å². The first-order valence-electron chi connectivity index (χ1n) is 7.51.